The molecule has 6 bridgehead atoms. The average molecular weight is 537 g/mol. The van der Waals surface area contributed by atoms with Gasteiger partial charge in [0, 0.05) is 34.7 Å². The van der Waals surface area contributed by atoms with Crippen molar-refractivity contribution < 1.29 is 0 Å². The van der Waals surface area contributed by atoms with Crippen LogP contribution in [0.25, 0.3) is 57.0 Å². The van der Waals surface area contributed by atoms with Crippen molar-refractivity contribution in [3.63, 3.8) is 0 Å². The Hall–Kier alpha value is -5.50. The second kappa shape index (κ2) is 11.7. The Balaban J connectivity index is 1.82. The molecule has 0 fully saturated rings. The maximum Gasteiger partial charge on any atom is 0.164 e. The first-order chi connectivity index (χ1) is 20.2. The number of H-pyrrole nitrogens is 2. The van der Waals surface area contributed by atoms with Crippen molar-refractivity contribution in [2.45, 2.75) is 19.8 Å². The van der Waals surface area contributed by atoms with Gasteiger partial charge < -0.3 is 9.97 Å². The lowest BCUT2D eigenvalue weighted by molar-refractivity contribution is 0.922. The highest BCUT2D eigenvalue weighted by Gasteiger charge is 2.18. The fourth-order valence-electron chi connectivity index (χ4n) is 4.60. The van der Waals surface area contributed by atoms with E-state index in [1.54, 1.807) is 12.2 Å². The third-order valence-corrected chi connectivity index (χ3v) is 6.45. The summed E-state index contributed by atoms with van der Waals surface area (Å²) in [6, 6.07) is 16.0. The van der Waals surface area contributed by atoms with Gasteiger partial charge in [-0.05, 0) is 19.1 Å². The molecule has 0 saturated carbocycles. The molecule has 8 heteroatoms. The summed E-state index contributed by atoms with van der Waals surface area (Å²) in [4.78, 5) is 36.3. The topological polar surface area (TPSA) is 109 Å². The first-order valence-corrected chi connectivity index (χ1v) is 13.4. The van der Waals surface area contributed by atoms with Gasteiger partial charge >= 0.3 is 0 Å². The molecule has 6 rings (SSSR count). The van der Waals surface area contributed by atoms with Gasteiger partial charge in [-0.25, -0.2) is 29.9 Å². The Morgan fingerprint density at radius 1 is 0.659 bits per heavy atom. The third-order valence-electron chi connectivity index (χ3n) is 6.45. The minimum Gasteiger partial charge on any atom is -0.325 e. The number of nitrogens with one attached hydrogen (secondary N) is 2. The molecule has 4 aromatic rings. The first kappa shape index (κ1) is 25.8. The number of aromatic amines is 2. The van der Waals surface area contributed by atoms with E-state index in [-0.39, 0.29) is 0 Å². The molecule has 0 radical (unpaired) electrons. The monoisotopic (exact) mass is 536 g/mol. The molecule has 2 aliphatic heterocycles. The number of nitrogens with zero attached hydrogens (tertiary/aromatic N) is 6. The van der Waals surface area contributed by atoms with Crippen molar-refractivity contribution in [3.8, 4) is 22.8 Å². The predicted octanol–water partition coefficient (Wildman–Crippen LogP) is 5.01. The molecule has 0 saturated heterocycles. The number of aromatic nitrogens is 8. The Kier molecular flexibility index (Phi) is 7.36. The van der Waals surface area contributed by atoms with E-state index in [9.17, 15) is 0 Å². The summed E-state index contributed by atoms with van der Waals surface area (Å²) in [5.74, 6) is 2.36. The van der Waals surface area contributed by atoms with Gasteiger partial charge in [-0.3, -0.25) is 0 Å². The van der Waals surface area contributed by atoms with Crippen LogP contribution >= 0.6 is 0 Å². The van der Waals surface area contributed by atoms with E-state index in [1.807, 2.05) is 98.0 Å². The summed E-state index contributed by atoms with van der Waals surface area (Å²) in [6.45, 7) is 5.84. The van der Waals surface area contributed by atoms with Crippen molar-refractivity contribution in [2.24, 2.45) is 0 Å². The van der Waals surface area contributed by atoms with E-state index in [4.69, 9.17) is 29.9 Å². The molecule has 0 spiro atoms. The molecule has 0 aliphatic carbocycles. The Labute approximate surface area is 236 Å². The molecule has 0 unspecified atom stereocenters. The summed E-state index contributed by atoms with van der Waals surface area (Å²) >= 11 is 0. The van der Waals surface area contributed by atoms with Crippen molar-refractivity contribution in [1.82, 2.24) is 39.9 Å². The van der Waals surface area contributed by atoms with Crippen LogP contribution in [0.15, 0.2) is 97.6 Å². The van der Waals surface area contributed by atoms with Crippen LogP contribution in [0.3, 0.4) is 0 Å². The Morgan fingerprint density at radius 3 is 1.95 bits per heavy atom. The summed E-state index contributed by atoms with van der Waals surface area (Å²) < 4.78 is 0. The minimum absolute atomic E-state index is 0.535. The van der Waals surface area contributed by atoms with Crippen LogP contribution < -0.4 is 11.0 Å². The van der Waals surface area contributed by atoms with Gasteiger partial charge in [0.1, 0.15) is 33.9 Å². The van der Waals surface area contributed by atoms with E-state index in [0.717, 1.165) is 21.9 Å². The van der Waals surface area contributed by atoms with Crippen LogP contribution in [0.1, 0.15) is 18.6 Å². The van der Waals surface area contributed by atoms with Gasteiger partial charge in [-0.15, -0.1) is 0 Å². The molecular weight excluding hydrogens is 508 g/mol. The van der Waals surface area contributed by atoms with Crippen molar-refractivity contribution in [3.05, 3.63) is 120 Å². The van der Waals surface area contributed by atoms with Crippen molar-refractivity contribution in [2.75, 3.05) is 0 Å². The second-order valence-electron chi connectivity index (χ2n) is 9.32. The zero-order chi connectivity index (χ0) is 28.0. The van der Waals surface area contributed by atoms with Gasteiger partial charge in [0.15, 0.2) is 11.6 Å². The first-order valence-electron chi connectivity index (χ1n) is 13.4. The molecule has 0 amide bonds. The third kappa shape index (κ3) is 5.62. The van der Waals surface area contributed by atoms with E-state index in [0.29, 0.717) is 58.4 Å². The fraction of sp³-hybridized carbons (Fsp3) is 0.0909. The van der Waals surface area contributed by atoms with E-state index >= 15 is 0 Å². The average Bonchev–Trinajstić information content (AvgIpc) is 3.53. The van der Waals surface area contributed by atoms with Crippen LogP contribution in [0, 0.1) is 0 Å². The fourth-order valence-corrected chi connectivity index (χ4v) is 4.60. The zero-order valence-corrected chi connectivity index (χ0v) is 22.6. The SMILES string of the molecule is C=C/C=c1\nc2[nH]c(nc3nc(nc4nc(n/c(=C\C=C/C)[nH]1)-c1ccccc1-4)C/C=C\C=C/C3)c1ccccc21. The molecule has 41 heavy (non-hydrogen) atoms. The van der Waals surface area contributed by atoms with Gasteiger partial charge in [0.2, 0.25) is 0 Å². The molecule has 2 N–H and O–H groups in total. The molecule has 200 valence electrons. The van der Waals surface area contributed by atoms with Crippen LogP contribution in [0.5, 0.6) is 0 Å². The summed E-state index contributed by atoms with van der Waals surface area (Å²) in [6.07, 6.45) is 18.4. The molecule has 0 atom stereocenters. The lowest BCUT2D eigenvalue weighted by Gasteiger charge is -1.98. The highest BCUT2D eigenvalue weighted by atomic mass is 15.0. The number of hydrogen-bond acceptors (Lipinski definition) is 6. The number of hydrogen-bond donors (Lipinski definition) is 2. The predicted molar refractivity (Wildman–Crippen MR) is 164 cm³/mol. The quantitative estimate of drug-likeness (QED) is 0.328. The number of fused-ring (bicyclic) bond motifs is 12. The Bertz CT molecular complexity index is 2040. The van der Waals surface area contributed by atoms with E-state index in [1.165, 1.54) is 0 Å². The molecule has 2 aromatic carbocycles. The van der Waals surface area contributed by atoms with Gasteiger partial charge in [-0.2, -0.15) is 0 Å². The molecule has 4 heterocycles. The van der Waals surface area contributed by atoms with Crippen molar-refractivity contribution >= 4 is 34.2 Å². The van der Waals surface area contributed by atoms with Crippen LogP contribution in [0.2, 0.25) is 0 Å². The number of rotatable bonds is 2. The molecule has 8 nitrogen and oxygen atoms in total. The number of benzene rings is 2. The Morgan fingerprint density at radius 2 is 1.27 bits per heavy atom. The van der Waals surface area contributed by atoms with Gasteiger partial charge in [0.05, 0.1) is 0 Å². The summed E-state index contributed by atoms with van der Waals surface area (Å²) in [7, 11) is 0. The standard InChI is InChI=1S/C33H28N8/c1-3-5-19-27-34-26(14-4-2)36-30-22-15-10-11-16-23(22)32(40-30)38-28-20-8-6-7-9-21-29(35-28)39-33-25-18-13-12-17-24(25)31(37-27)41-33/h3-19,34H,2,20-21H2,1H3,(H,35,36,37,38,39,40,41)/b5-3-,8-6-,9-7-,26-14-,27-19-. The molecular formula is C33H28N8. The maximum atomic E-state index is 4.97. The van der Waals surface area contributed by atoms with E-state index < -0.39 is 0 Å². The van der Waals surface area contributed by atoms with Crippen LogP contribution in [-0.4, -0.2) is 39.9 Å². The molecule has 2 aromatic heterocycles. The number of allylic oxidation sites excluding steroid dienone is 7. The highest BCUT2D eigenvalue weighted by Crippen LogP contribution is 2.32. The lowest BCUT2D eigenvalue weighted by atomic mass is 10.1. The van der Waals surface area contributed by atoms with E-state index in [2.05, 4.69) is 16.5 Å². The summed E-state index contributed by atoms with van der Waals surface area (Å²) in [5.41, 5.74) is 4.24. The van der Waals surface area contributed by atoms with Crippen LogP contribution in [0.4, 0.5) is 0 Å². The maximum absolute atomic E-state index is 4.97. The smallest absolute Gasteiger partial charge is 0.164 e. The largest absolute Gasteiger partial charge is 0.325 e. The zero-order valence-electron chi connectivity index (χ0n) is 22.6. The summed E-state index contributed by atoms with van der Waals surface area (Å²) in [5, 5.41) is 1.88. The highest BCUT2D eigenvalue weighted by molar-refractivity contribution is 6.04. The van der Waals surface area contributed by atoms with Gasteiger partial charge in [0.25, 0.3) is 0 Å². The lowest BCUT2D eigenvalue weighted by Crippen LogP contribution is -2.22. The normalized spacial score (nSPS) is 15.4. The van der Waals surface area contributed by atoms with Crippen LogP contribution in [-0.2, 0) is 12.8 Å². The van der Waals surface area contributed by atoms with Gasteiger partial charge in [-0.1, -0.05) is 97.6 Å². The molecule has 2 aliphatic rings. The van der Waals surface area contributed by atoms with Crippen molar-refractivity contribution in [1.29, 1.82) is 0 Å². The minimum atomic E-state index is 0.535. The second-order valence-corrected chi connectivity index (χ2v) is 9.32.